The van der Waals surface area contributed by atoms with Crippen molar-refractivity contribution in [1.29, 1.82) is 0 Å². The minimum atomic E-state index is -5.12. The summed E-state index contributed by atoms with van der Waals surface area (Å²) in [6.07, 6.45) is 6.71. The summed E-state index contributed by atoms with van der Waals surface area (Å²) in [5.41, 5.74) is 0.00414. The minimum Gasteiger partial charge on any atom is -0.497 e. The van der Waals surface area contributed by atoms with Gasteiger partial charge in [-0.25, -0.2) is 32.0 Å². The number of ether oxygens (including phenoxy) is 3. The first-order chi connectivity index (χ1) is 38.0. The number of carbonyl (C=O) groups is 1. The molecule has 1 atom stereocenters. The minimum absolute atomic E-state index is 0.000405. The monoisotopic (exact) mass is 1100 g/mol. The lowest BCUT2D eigenvalue weighted by Crippen LogP contribution is -2.60. The quantitative estimate of drug-likeness (QED) is 0.0522. The van der Waals surface area contributed by atoms with Gasteiger partial charge in [0.05, 0.1) is 29.5 Å². The molecule has 414 valence electrons. The number of rotatable bonds is 16. The zero-order valence-electron chi connectivity index (χ0n) is 44.1. The maximum absolute atomic E-state index is 16.8. The van der Waals surface area contributed by atoms with Crippen LogP contribution in [-0.4, -0.2) is 121 Å². The number of pyridine rings is 1. The van der Waals surface area contributed by atoms with Crippen LogP contribution in [0.2, 0.25) is 0 Å². The molecular weight excluding hydrogens is 1040 g/mol. The summed E-state index contributed by atoms with van der Waals surface area (Å²) < 4.78 is 80.1. The van der Waals surface area contributed by atoms with Crippen LogP contribution in [-0.2, 0) is 21.3 Å². The van der Waals surface area contributed by atoms with Crippen LogP contribution in [0.25, 0.3) is 21.9 Å². The molecule has 3 aliphatic heterocycles. The van der Waals surface area contributed by atoms with Gasteiger partial charge in [-0.15, -0.1) is 0 Å². The Kier molecular flexibility index (Phi) is 14.6. The molecule has 3 saturated heterocycles. The van der Waals surface area contributed by atoms with Crippen molar-refractivity contribution in [1.82, 2.24) is 34.7 Å². The van der Waals surface area contributed by atoms with Gasteiger partial charge in [-0.05, 0) is 84.0 Å². The van der Waals surface area contributed by atoms with E-state index in [1.807, 2.05) is 21.8 Å². The Labute approximate surface area is 454 Å². The lowest BCUT2D eigenvalue weighted by atomic mass is 9.59. The predicted octanol–water partition coefficient (Wildman–Crippen LogP) is 9.13. The third-order valence-electron chi connectivity index (χ3n) is 16.4. The number of benzene rings is 4. The van der Waals surface area contributed by atoms with E-state index < -0.39 is 66.0 Å². The molecule has 4 aliphatic rings. The van der Waals surface area contributed by atoms with Crippen molar-refractivity contribution in [3.8, 4) is 17.2 Å². The van der Waals surface area contributed by atoms with Gasteiger partial charge < -0.3 is 29.4 Å². The van der Waals surface area contributed by atoms with Crippen LogP contribution in [0, 0.1) is 21.3 Å². The number of aromatic amines is 2. The highest BCUT2D eigenvalue weighted by molar-refractivity contribution is 7.90. The largest absolute Gasteiger partial charge is 0.497 e. The van der Waals surface area contributed by atoms with Crippen LogP contribution < -0.4 is 30.0 Å². The summed E-state index contributed by atoms with van der Waals surface area (Å²) in [6.45, 7) is 8.98. The fourth-order valence-corrected chi connectivity index (χ4v) is 13.3. The number of nitrogens with zero attached hydrogens (tertiary/aromatic N) is 6. The number of nitro benzene ring substituents is 1. The van der Waals surface area contributed by atoms with Crippen LogP contribution in [0.3, 0.4) is 0 Å². The van der Waals surface area contributed by atoms with E-state index in [0.717, 1.165) is 69.7 Å². The number of piperazine rings is 1. The molecule has 11 rings (SSSR count). The van der Waals surface area contributed by atoms with Crippen LogP contribution in [0.4, 0.5) is 25.8 Å². The van der Waals surface area contributed by atoms with Crippen molar-refractivity contribution in [2.45, 2.75) is 87.5 Å². The predicted molar refractivity (Wildman–Crippen MR) is 294 cm³/mol. The number of nitrogens with one attached hydrogen (secondary N) is 4. The molecule has 0 bridgehead atoms. The molecule has 1 spiro atoms. The molecule has 4 N–H and O–H groups in total. The highest BCUT2D eigenvalue weighted by Crippen LogP contribution is 2.54. The molecule has 0 radical (unpaired) electrons. The molecule has 22 heteroatoms. The van der Waals surface area contributed by atoms with Crippen molar-refractivity contribution in [3.63, 3.8) is 0 Å². The third kappa shape index (κ3) is 11.0. The Morgan fingerprint density at radius 3 is 2.47 bits per heavy atom. The van der Waals surface area contributed by atoms with E-state index in [0.29, 0.717) is 42.1 Å². The Morgan fingerprint density at radius 2 is 1.73 bits per heavy atom. The summed E-state index contributed by atoms with van der Waals surface area (Å²) in [5, 5.41) is 21.6. The molecule has 6 heterocycles. The first-order valence-electron chi connectivity index (χ1n) is 26.7. The number of aromatic nitrogens is 4. The molecule has 79 heavy (non-hydrogen) atoms. The summed E-state index contributed by atoms with van der Waals surface area (Å²) in [5.74, 6) is -0.966. The number of nitro groups is 1. The topological polar surface area (TPSA) is 230 Å². The molecule has 0 unspecified atom stereocenters. The van der Waals surface area contributed by atoms with Crippen molar-refractivity contribution in [3.05, 3.63) is 146 Å². The number of methoxy groups -OCH3 is 1. The Balaban J connectivity index is 0.837. The first-order valence-corrected chi connectivity index (χ1v) is 28.1. The molecule has 4 aromatic carbocycles. The van der Waals surface area contributed by atoms with Gasteiger partial charge in [0, 0.05) is 119 Å². The van der Waals surface area contributed by atoms with E-state index in [1.54, 1.807) is 25.4 Å². The lowest BCUT2D eigenvalue weighted by molar-refractivity contribution is -0.384. The van der Waals surface area contributed by atoms with E-state index >= 15 is 8.78 Å². The fraction of sp³-hybridized carbons (Fsp3) is 0.404. The van der Waals surface area contributed by atoms with Crippen LogP contribution in [0.15, 0.2) is 107 Å². The van der Waals surface area contributed by atoms with Crippen LogP contribution in [0.5, 0.6) is 17.2 Å². The number of amides is 1. The van der Waals surface area contributed by atoms with E-state index in [9.17, 15) is 28.1 Å². The van der Waals surface area contributed by atoms with Crippen molar-refractivity contribution >= 4 is 54.9 Å². The number of sulfonamides is 1. The summed E-state index contributed by atoms with van der Waals surface area (Å²) in [7, 11) is -3.44. The normalized spacial score (nSPS) is 18.9. The summed E-state index contributed by atoms with van der Waals surface area (Å²) in [6, 6.07) is 24.9. The molecule has 3 aromatic heterocycles. The Morgan fingerprint density at radius 1 is 0.975 bits per heavy atom. The highest BCUT2D eigenvalue weighted by atomic mass is 32.2. The SMILES string of the molecule is COc1ccc(CN2CCN(C3CC4(CCN(c5cc(Oc6cnc7[nH]ccc7c6)c(C(=O)NS(=O)(=O)c6cc([N+](=O)[O-])c(NCC7(F)CCOCC7)c7n[nH]c(=O)cc67)cc5F)CC4)C3)[C@H](c3ccccc3C(C)C)C2)cc1. The maximum atomic E-state index is 16.8. The number of anilines is 2. The van der Waals surface area contributed by atoms with Crippen molar-refractivity contribution < 1.29 is 41.1 Å². The van der Waals surface area contributed by atoms with Gasteiger partial charge in [0.25, 0.3) is 27.2 Å². The van der Waals surface area contributed by atoms with Crippen molar-refractivity contribution in [2.75, 3.05) is 69.8 Å². The molecule has 4 fully saturated rings. The van der Waals surface area contributed by atoms with Gasteiger partial charge in [-0.2, -0.15) is 5.10 Å². The van der Waals surface area contributed by atoms with Gasteiger partial charge >= 0.3 is 0 Å². The number of hydrogen-bond acceptors (Lipinski definition) is 15. The number of H-pyrrole nitrogens is 2. The van der Waals surface area contributed by atoms with Crippen LogP contribution in [0.1, 0.15) is 91.4 Å². The molecular formula is C57H62F2N10O9S. The second-order valence-electron chi connectivity index (χ2n) is 21.7. The summed E-state index contributed by atoms with van der Waals surface area (Å²) >= 11 is 0. The van der Waals surface area contributed by atoms with Crippen LogP contribution >= 0.6 is 0 Å². The van der Waals surface area contributed by atoms with Gasteiger partial charge in [0.15, 0.2) is 0 Å². The molecule has 1 saturated carbocycles. The number of hydrogen-bond donors (Lipinski definition) is 4. The van der Waals surface area contributed by atoms with Gasteiger partial charge in [0.2, 0.25) is 0 Å². The molecule has 7 aromatic rings. The highest BCUT2D eigenvalue weighted by Gasteiger charge is 2.50. The van der Waals surface area contributed by atoms with E-state index in [4.69, 9.17) is 14.2 Å². The number of halogens is 2. The van der Waals surface area contributed by atoms with Crippen molar-refractivity contribution in [2.24, 2.45) is 5.41 Å². The second-order valence-corrected chi connectivity index (χ2v) is 23.4. The number of carbonyl (C=O) groups excluding carboxylic acids is 1. The molecule has 19 nitrogen and oxygen atoms in total. The standard InChI is InChI=1S/C57H62F2N10O9S/c1-35(2)41-6-4-5-7-42(41)48-33-66(32-36-8-10-39(76-3)11-9-36)20-21-68(48)38-29-56(30-38)13-18-67(19-14-56)46-27-49(78-40-24-37-12-17-60-54(37)61-31-40)43(25-45(46)58)55(71)65-79(74,75)50-28-47(69(72)73)53(52-44(50)26-51(70)63-64-52)62-34-57(59)15-22-77-23-16-57/h4-12,17,24-28,31,35,38,48,62H,13-16,18-23,29-30,32-34H2,1-3H3,(H,60,61)(H,63,70)(H,65,71)/t48-/m0/s1. The fourth-order valence-electron chi connectivity index (χ4n) is 12.1. The smallest absolute Gasteiger partial charge is 0.296 e. The second kappa shape index (κ2) is 21.6. The summed E-state index contributed by atoms with van der Waals surface area (Å²) in [4.78, 5) is 52.5. The average Bonchev–Trinajstić information content (AvgIpc) is 4.06. The number of fused-ring (bicyclic) bond motifs is 2. The van der Waals surface area contributed by atoms with Gasteiger partial charge in [-0.3, -0.25) is 29.5 Å². The third-order valence-corrected chi connectivity index (χ3v) is 17.8. The number of piperidine rings is 1. The molecule has 1 aliphatic carbocycles. The first kappa shape index (κ1) is 53.5. The Bertz CT molecular complexity index is 3610. The lowest BCUT2D eigenvalue weighted by Gasteiger charge is -2.58. The molecule has 1 amide bonds. The Hall–Kier alpha value is -7.53. The van der Waals surface area contributed by atoms with E-state index in [-0.39, 0.29) is 65.9 Å². The average molecular weight is 1100 g/mol. The zero-order valence-corrected chi connectivity index (χ0v) is 44.9. The van der Waals surface area contributed by atoms with E-state index in [1.165, 1.54) is 29.0 Å². The van der Waals surface area contributed by atoms with Gasteiger partial charge in [0.1, 0.15) is 50.5 Å². The zero-order chi connectivity index (χ0) is 55.2. The maximum Gasteiger partial charge on any atom is 0.296 e. The van der Waals surface area contributed by atoms with Gasteiger partial charge in [-0.1, -0.05) is 50.2 Å². The number of alkyl halides is 1. The van der Waals surface area contributed by atoms with E-state index in [2.05, 4.69) is 85.5 Å².